The molecule has 0 radical (unpaired) electrons. The van der Waals surface area contributed by atoms with Gasteiger partial charge in [-0.1, -0.05) is 5.92 Å². The van der Waals surface area contributed by atoms with E-state index in [-0.39, 0.29) is 6.61 Å². The van der Waals surface area contributed by atoms with Crippen molar-refractivity contribution < 1.29 is 19.4 Å². The molecule has 17 heavy (non-hydrogen) atoms. The molecule has 0 spiro atoms. The number of alkyl carbamates (subject to hydrolysis) is 1. The zero-order valence-corrected chi connectivity index (χ0v) is 9.86. The summed E-state index contributed by atoms with van der Waals surface area (Å²) < 4.78 is 4.66. The Morgan fingerprint density at radius 1 is 1.47 bits per heavy atom. The van der Waals surface area contributed by atoms with Crippen molar-refractivity contribution in [2.24, 2.45) is 5.73 Å². The molecule has 96 valence electrons. The normalized spacial score (nSPS) is 10.9. The molecule has 0 heterocycles. The molecule has 0 aromatic carbocycles. The van der Waals surface area contributed by atoms with Crippen LogP contribution in [0.4, 0.5) is 4.79 Å². The van der Waals surface area contributed by atoms with E-state index in [1.165, 1.54) is 0 Å². The van der Waals surface area contributed by atoms with E-state index in [0.717, 1.165) is 6.42 Å². The van der Waals surface area contributed by atoms with Crippen molar-refractivity contribution in [3.05, 3.63) is 0 Å². The van der Waals surface area contributed by atoms with Crippen LogP contribution in [-0.2, 0) is 9.53 Å². The molecule has 0 aromatic rings. The van der Waals surface area contributed by atoms with Crippen molar-refractivity contribution in [1.29, 1.82) is 0 Å². The Morgan fingerprint density at radius 2 is 2.18 bits per heavy atom. The van der Waals surface area contributed by atoms with Gasteiger partial charge in [0.15, 0.2) is 6.61 Å². The van der Waals surface area contributed by atoms with Gasteiger partial charge in [0, 0.05) is 0 Å². The number of carboxylic acid groups (broad SMARTS) is 1. The third-order valence-corrected chi connectivity index (χ3v) is 1.99. The number of hydrogen-bond donors (Lipinski definition) is 3. The lowest BCUT2D eigenvalue weighted by Gasteiger charge is -2.13. The number of nitrogens with two attached hydrogens (primary N) is 1. The number of carbonyl (C=O) groups is 2. The summed E-state index contributed by atoms with van der Waals surface area (Å²) in [6.07, 6.45) is 0.929. The van der Waals surface area contributed by atoms with Crippen LogP contribution in [0.1, 0.15) is 26.2 Å². The minimum absolute atomic E-state index is 0.0442. The third kappa shape index (κ3) is 8.11. The molecule has 0 aliphatic carbocycles. The molecule has 1 atom stereocenters. The molecule has 0 saturated heterocycles. The molecule has 0 aromatic heterocycles. The number of rotatable bonds is 7. The Labute approximate surface area is 101 Å². The lowest BCUT2D eigenvalue weighted by Crippen LogP contribution is -2.41. The second-order valence-electron chi connectivity index (χ2n) is 3.32. The van der Waals surface area contributed by atoms with Crippen LogP contribution in [0.15, 0.2) is 0 Å². The first-order valence-electron chi connectivity index (χ1n) is 5.37. The SMILES string of the molecule is CC#CCOC(=O)N[C@@H](CCCCN)C(=O)O. The average Bonchev–Trinajstić information content (AvgIpc) is 2.28. The highest BCUT2D eigenvalue weighted by molar-refractivity contribution is 5.79. The van der Waals surface area contributed by atoms with E-state index >= 15 is 0 Å². The third-order valence-electron chi connectivity index (χ3n) is 1.99. The largest absolute Gasteiger partial charge is 0.480 e. The van der Waals surface area contributed by atoms with Gasteiger partial charge in [-0.3, -0.25) is 0 Å². The molecule has 0 unspecified atom stereocenters. The van der Waals surface area contributed by atoms with Gasteiger partial charge in [0.2, 0.25) is 0 Å². The van der Waals surface area contributed by atoms with Crippen LogP contribution in [-0.4, -0.2) is 36.4 Å². The lowest BCUT2D eigenvalue weighted by molar-refractivity contribution is -0.139. The van der Waals surface area contributed by atoms with Gasteiger partial charge < -0.3 is 20.9 Å². The number of carbonyl (C=O) groups excluding carboxylic acids is 1. The number of amides is 1. The smallest absolute Gasteiger partial charge is 0.408 e. The summed E-state index contributed by atoms with van der Waals surface area (Å²) in [6.45, 7) is 2.08. The summed E-state index contributed by atoms with van der Waals surface area (Å²) in [5.41, 5.74) is 5.30. The molecule has 0 rings (SSSR count). The summed E-state index contributed by atoms with van der Waals surface area (Å²) >= 11 is 0. The van der Waals surface area contributed by atoms with Crippen LogP contribution >= 0.6 is 0 Å². The predicted molar refractivity (Wildman–Crippen MR) is 62.3 cm³/mol. The van der Waals surface area contributed by atoms with Crippen LogP contribution in [0.5, 0.6) is 0 Å². The van der Waals surface area contributed by atoms with Crippen LogP contribution in [0, 0.1) is 11.8 Å². The van der Waals surface area contributed by atoms with Gasteiger partial charge in [0.1, 0.15) is 6.04 Å². The fraction of sp³-hybridized carbons (Fsp3) is 0.636. The van der Waals surface area contributed by atoms with Gasteiger partial charge in [-0.2, -0.15) is 0 Å². The average molecular weight is 242 g/mol. The minimum Gasteiger partial charge on any atom is -0.480 e. The Bertz CT molecular complexity index is 306. The Balaban J connectivity index is 4.00. The molecule has 0 fully saturated rings. The zero-order chi connectivity index (χ0) is 13.1. The van der Waals surface area contributed by atoms with Crippen molar-refractivity contribution >= 4 is 12.1 Å². The molecule has 1 amide bonds. The van der Waals surface area contributed by atoms with E-state index < -0.39 is 18.1 Å². The summed E-state index contributed by atoms with van der Waals surface area (Å²) in [7, 11) is 0. The lowest BCUT2D eigenvalue weighted by atomic mass is 10.1. The second kappa shape index (κ2) is 9.48. The van der Waals surface area contributed by atoms with E-state index in [1.807, 2.05) is 0 Å². The van der Waals surface area contributed by atoms with Crippen LogP contribution in [0.2, 0.25) is 0 Å². The fourth-order valence-corrected chi connectivity index (χ4v) is 1.11. The minimum atomic E-state index is -1.08. The van der Waals surface area contributed by atoms with Gasteiger partial charge in [0.25, 0.3) is 0 Å². The molecule has 0 aliphatic rings. The van der Waals surface area contributed by atoms with Crippen molar-refractivity contribution in [1.82, 2.24) is 5.32 Å². The van der Waals surface area contributed by atoms with E-state index in [9.17, 15) is 9.59 Å². The second-order valence-corrected chi connectivity index (χ2v) is 3.32. The number of unbranched alkanes of at least 4 members (excludes halogenated alkanes) is 1. The van der Waals surface area contributed by atoms with E-state index in [1.54, 1.807) is 6.92 Å². The van der Waals surface area contributed by atoms with Crippen LogP contribution in [0.25, 0.3) is 0 Å². The molecular weight excluding hydrogens is 224 g/mol. The quantitative estimate of drug-likeness (QED) is 0.441. The summed E-state index contributed by atoms with van der Waals surface area (Å²) in [5.74, 6) is 4.01. The number of aliphatic carboxylic acids is 1. The van der Waals surface area contributed by atoms with Crippen LogP contribution < -0.4 is 11.1 Å². The van der Waals surface area contributed by atoms with Crippen molar-refractivity contribution in [2.45, 2.75) is 32.2 Å². The molecule has 0 aliphatic heterocycles. The first-order chi connectivity index (χ1) is 8.11. The summed E-state index contributed by atoms with van der Waals surface area (Å²) in [5, 5.41) is 11.1. The fourth-order valence-electron chi connectivity index (χ4n) is 1.11. The van der Waals surface area contributed by atoms with Crippen molar-refractivity contribution in [2.75, 3.05) is 13.2 Å². The van der Waals surface area contributed by atoms with Crippen molar-refractivity contribution in [3.8, 4) is 11.8 Å². The summed E-state index contributed by atoms with van der Waals surface area (Å²) in [6, 6.07) is -0.941. The highest BCUT2D eigenvalue weighted by Gasteiger charge is 2.19. The van der Waals surface area contributed by atoms with Gasteiger partial charge in [0.05, 0.1) is 0 Å². The highest BCUT2D eigenvalue weighted by atomic mass is 16.5. The van der Waals surface area contributed by atoms with Gasteiger partial charge in [-0.05, 0) is 32.7 Å². The molecule has 0 saturated carbocycles. The number of nitrogens with one attached hydrogen (secondary N) is 1. The van der Waals surface area contributed by atoms with Crippen molar-refractivity contribution in [3.63, 3.8) is 0 Å². The Morgan fingerprint density at radius 3 is 2.71 bits per heavy atom. The Hall–Kier alpha value is -1.74. The molecule has 4 N–H and O–H groups in total. The molecular formula is C11H18N2O4. The highest BCUT2D eigenvalue weighted by Crippen LogP contribution is 2.01. The number of carboxylic acids is 1. The summed E-state index contributed by atoms with van der Waals surface area (Å²) in [4.78, 5) is 22.0. The molecule has 6 heteroatoms. The topological polar surface area (TPSA) is 102 Å². The van der Waals surface area contributed by atoms with Gasteiger partial charge >= 0.3 is 12.1 Å². The monoisotopic (exact) mass is 242 g/mol. The molecule has 0 bridgehead atoms. The standard InChI is InChI=1S/C11H18N2O4/c1-2-3-8-17-11(16)13-9(10(14)15)6-4-5-7-12/h9H,4-8,12H2,1H3,(H,13,16)(H,14,15)/t9-/m0/s1. The maximum Gasteiger partial charge on any atom is 0.408 e. The molecule has 6 nitrogen and oxygen atoms in total. The first kappa shape index (κ1) is 15.3. The first-order valence-corrected chi connectivity index (χ1v) is 5.37. The van der Waals surface area contributed by atoms with E-state index in [4.69, 9.17) is 10.8 Å². The van der Waals surface area contributed by atoms with E-state index in [0.29, 0.717) is 19.4 Å². The zero-order valence-electron chi connectivity index (χ0n) is 9.86. The van der Waals surface area contributed by atoms with Gasteiger partial charge in [-0.25, -0.2) is 9.59 Å². The maximum atomic E-state index is 11.2. The predicted octanol–water partition coefficient (Wildman–Crippen LogP) is 0.318. The van der Waals surface area contributed by atoms with E-state index in [2.05, 4.69) is 21.9 Å². The number of ether oxygens (including phenoxy) is 1. The van der Waals surface area contributed by atoms with Crippen LogP contribution in [0.3, 0.4) is 0 Å². The maximum absolute atomic E-state index is 11.2. The number of hydrogen-bond acceptors (Lipinski definition) is 4. The van der Waals surface area contributed by atoms with Gasteiger partial charge in [-0.15, -0.1) is 5.92 Å². The Kier molecular flexibility index (Phi) is 8.51.